The van der Waals surface area contributed by atoms with Crippen LogP contribution in [0, 0.1) is 12.7 Å². The van der Waals surface area contributed by atoms with Crippen molar-refractivity contribution < 1.29 is 4.39 Å². The number of rotatable bonds is 5. The molecule has 0 saturated carbocycles. The van der Waals surface area contributed by atoms with Gasteiger partial charge < -0.3 is 5.73 Å². The van der Waals surface area contributed by atoms with E-state index in [1.165, 1.54) is 12.1 Å². The van der Waals surface area contributed by atoms with Crippen LogP contribution in [0.5, 0.6) is 0 Å². The van der Waals surface area contributed by atoms with Gasteiger partial charge in [0.2, 0.25) is 0 Å². The lowest BCUT2D eigenvalue weighted by atomic mass is 10.1. The maximum Gasteiger partial charge on any atom is 0.123 e. The highest BCUT2D eigenvalue weighted by Gasteiger charge is 2.08. The fourth-order valence-electron chi connectivity index (χ4n) is 1.89. The first-order chi connectivity index (χ1) is 9.54. The largest absolute Gasteiger partial charge is 0.327 e. The Morgan fingerprint density at radius 3 is 2.55 bits per heavy atom. The lowest BCUT2D eigenvalue weighted by Crippen LogP contribution is -2.25. The lowest BCUT2D eigenvalue weighted by molar-refractivity contribution is 0.626. The molecule has 0 radical (unpaired) electrons. The van der Waals surface area contributed by atoms with Gasteiger partial charge >= 0.3 is 0 Å². The van der Waals surface area contributed by atoms with Gasteiger partial charge in [-0.3, -0.25) is 0 Å². The van der Waals surface area contributed by atoms with E-state index in [0.717, 1.165) is 33.2 Å². The van der Waals surface area contributed by atoms with Crippen molar-refractivity contribution in [1.29, 1.82) is 0 Å². The van der Waals surface area contributed by atoms with E-state index in [9.17, 15) is 4.39 Å². The zero-order chi connectivity index (χ0) is 14.5. The Morgan fingerprint density at radius 2 is 1.90 bits per heavy atom. The maximum atomic E-state index is 12.8. The van der Waals surface area contributed by atoms with Gasteiger partial charge in [-0.2, -0.15) is 0 Å². The van der Waals surface area contributed by atoms with Crippen LogP contribution in [0.4, 0.5) is 4.39 Å². The minimum Gasteiger partial charge on any atom is -0.327 e. The molecule has 2 N–H and O–H groups in total. The molecule has 0 bridgehead atoms. The molecule has 1 unspecified atom stereocenters. The highest BCUT2D eigenvalue weighted by molar-refractivity contribution is 7.99. The van der Waals surface area contributed by atoms with Crippen LogP contribution < -0.4 is 5.73 Å². The van der Waals surface area contributed by atoms with Crippen molar-refractivity contribution >= 4 is 23.4 Å². The molecular formula is C16H17ClFNS. The monoisotopic (exact) mass is 309 g/mol. The molecule has 0 saturated heterocycles. The summed E-state index contributed by atoms with van der Waals surface area (Å²) in [4.78, 5) is 1.02. The number of hydrogen-bond donors (Lipinski definition) is 1. The Labute approximate surface area is 128 Å². The number of hydrogen-bond acceptors (Lipinski definition) is 2. The quantitative estimate of drug-likeness (QED) is 0.826. The number of aryl methyl sites for hydroxylation is 1. The highest BCUT2D eigenvalue weighted by Crippen LogP contribution is 2.22. The number of halogens is 2. The second-order valence-corrected chi connectivity index (χ2v) is 6.32. The maximum absolute atomic E-state index is 12.8. The van der Waals surface area contributed by atoms with Crippen LogP contribution in [0.15, 0.2) is 47.4 Å². The van der Waals surface area contributed by atoms with Crippen LogP contribution in [-0.2, 0) is 6.42 Å². The van der Waals surface area contributed by atoms with Crippen molar-refractivity contribution in [2.45, 2.75) is 24.3 Å². The van der Waals surface area contributed by atoms with Gasteiger partial charge in [-0.05, 0) is 54.8 Å². The highest BCUT2D eigenvalue weighted by atomic mass is 35.5. The summed E-state index contributed by atoms with van der Waals surface area (Å²) < 4.78 is 12.8. The standard InChI is InChI=1S/C16H17ClFNS/c1-11-2-3-12(16(17)8-11)9-14(19)10-20-15-6-4-13(18)5-7-15/h2-8,14H,9-10,19H2,1H3. The van der Waals surface area contributed by atoms with E-state index in [1.807, 2.05) is 25.1 Å². The van der Waals surface area contributed by atoms with Gasteiger partial charge in [-0.25, -0.2) is 4.39 Å². The normalized spacial score (nSPS) is 12.4. The van der Waals surface area contributed by atoms with Crippen molar-refractivity contribution in [1.82, 2.24) is 0 Å². The lowest BCUT2D eigenvalue weighted by Gasteiger charge is -2.13. The Hall–Kier alpha value is -1.03. The SMILES string of the molecule is Cc1ccc(CC(N)CSc2ccc(F)cc2)c(Cl)c1. The second-order valence-electron chi connectivity index (χ2n) is 4.82. The summed E-state index contributed by atoms with van der Waals surface area (Å²) in [5.41, 5.74) is 8.36. The molecule has 2 aromatic rings. The number of thioether (sulfide) groups is 1. The van der Waals surface area contributed by atoms with Crippen molar-refractivity contribution in [2.24, 2.45) is 5.73 Å². The van der Waals surface area contributed by atoms with E-state index < -0.39 is 0 Å². The van der Waals surface area contributed by atoms with Crippen LogP contribution in [0.3, 0.4) is 0 Å². The number of nitrogens with two attached hydrogens (primary N) is 1. The third-order valence-corrected chi connectivity index (χ3v) is 4.52. The van der Waals surface area contributed by atoms with Crippen LogP contribution >= 0.6 is 23.4 Å². The van der Waals surface area contributed by atoms with E-state index in [-0.39, 0.29) is 11.9 Å². The van der Waals surface area contributed by atoms with Crippen LogP contribution in [-0.4, -0.2) is 11.8 Å². The first-order valence-corrected chi connectivity index (χ1v) is 7.80. The molecule has 1 nitrogen and oxygen atoms in total. The van der Waals surface area contributed by atoms with E-state index in [4.69, 9.17) is 17.3 Å². The number of benzene rings is 2. The van der Waals surface area contributed by atoms with E-state index in [1.54, 1.807) is 23.9 Å². The van der Waals surface area contributed by atoms with Gasteiger partial charge in [0.1, 0.15) is 5.82 Å². The zero-order valence-corrected chi connectivity index (χ0v) is 12.8. The average Bonchev–Trinajstić information content (AvgIpc) is 2.41. The van der Waals surface area contributed by atoms with Crippen LogP contribution in [0.25, 0.3) is 0 Å². The Morgan fingerprint density at radius 1 is 1.20 bits per heavy atom. The minimum absolute atomic E-state index is 0.0188. The van der Waals surface area contributed by atoms with Gasteiger partial charge in [-0.1, -0.05) is 23.7 Å². The molecule has 4 heteroatoms. The first-order valence-electron chi connectivity index (χ1n) is 6.43. The van der Waals surface area contributed by atoms with Crippen LogP contribution in [0.2, 0.25) is 5.02 Å². The van der Waals surface area contributed by atoms with Crippen molar-refractivity contribution in [3.05, 3.63) is 64.4 Å². The summed E-state index contributed by atoms with van der Waals surface area (Å²) in [5.74, 6) is 0.556. The van der Waals surface area contributed by atoms with Gasteiger partial charge in [0, 0.05) is 21.7 Å². The van der Waals surface area contributed by atoms with Gasteiger partial charge in [0.15, 0.2) is 0 Å². The average molecular weight is 310 g/mol. The van der Waals surface area contributed by atoms with Crippen molar-refractivity contribution in [3.8, 4) is 0 Å². The minimum atomic E-state index is -0.218. The summed E-state index contributed by atoms with van der Waals surface area (Å²) in [6.45, 7) is 2.01. The molecule has 0 heterocycles. The van der Waals surface area contributed by atoms with Crippen LogP contribution in [0.1, 0.15) is 11.1 Å². The van der Waals surface area contributed by atoms with Gasteiger partial charge in [0.05, 0.1) is 0 Å². The predicted octanol–water partition coefficient (Wildman–Crippen LogP) is 4.45. The third kappa shape index (κ3) is 4.51. The summed E-state index contributed by atoms with van der Waals surface area (Å²) in [6, 6.07) is 12.5. The molecule has 0 spiro atoms. The summed E-state index contributed by atoms with van der Waals surface area (Å²) in [5, 5.41) is 0.771. The topological polar surface area (TPSA) is 26.0 Å². The molecule has 0 aliphatic heterocycles. The fourth-order valence-corrected chi connectivity index (χ4v) is 3.06. The summed E-state index contributed by atoms with van der Waals surface area (Å²) in [6.07, 6.45) is 0.743. The van der Waals surface area contributed by atoms with Crippen molar-refractivity contribution in [2.75, 3.05) is 5.75 Å². The molecule has 2 aromatic carbocycles. The molecule has 20 heavy (non-hydrogen) atoms. The van der Waals surface area contributed by atoms with E-state index in [2.05, 4.69) is 0 Å². The molecular weight excluding hydrogens is 293 g/mol. The molecule has 0 aliphatic rings. The fraction of sp³-hybridized carbons (Fsp3) is 0.250. The molecule has 1 atom stereocenters. The zero-order valence-electron chi connectivity index (χ0n) is 11.3. The summed E-state index contributed by atoms with van der Waals surface area (Å²) in [7, 11) is 0. The van der Waals surface area contributed by atoms with Crippen molar-refractivity contribution in [3.63, 3.8) is 0 Å². The molecule has 0 aromatic heterocycles. The van der Waals surface area contributed by atoms with Gasteiger partial charge in [-0.15, -0.1) is 11.8 Å². The Balaban J connectivity index is 1.89. The molecule has 0 fully saturated rings. The Kier molecular flexibility index (Phi) is 5.46. The predicted molar refractivity (Wildman–Crippen MR) is 85.0 cm³/mol. The molecule has 2 rings (SSSR count). The van der Waals surface area contributed by atoms with E-state index in [0.29, 0.717) is 0 Å². The molecule has 0 aliphatic carbocycles. The third-order valence-electron chi connectivity index (χ3n) is 2.97. The first kappa shape index (κ1) is 15.4. The summed E-state index contributed by atoms with van der Waals surface area (Å²) >= 11 is 7.83. The molecule has 106 valence electrons. The molecule has 0 amide bonds. The Bertz CT molecular complexity index is 571. The smallest absolute Gasteiger partial charge is 0.123 e. The second kappa shape index (κ2) is 7.11. The van der Waals surface area contributed by atoms with Gasteiger partial charge in [0.25, 0.3) is 0 Å². The van der Waals surface area contributed by atoms with E-state index >= 15 is 0 Å².